The van der Waals surface area contributed by atoms with Crippen LogP contribution in [0.5, 0.6) is 0 Å². The lowest BCUT2D eigenvalue weighted by Gasteiger charge is -2.10. The third-order valence-corrected chi connectivity index (χ3v) is 2.87. The molecule has 14 heavy (non-hydrogen) atoms. The van der Waals surface area contributed by atoms with Gasteiger partial charge in [-0.1, -0.05) is 0 Å². The van der Waals surface area contributed by atoms with Crippen molar-refractivity contribution in [1.82, 2.24) is 0 Å². The monoisotopic (exact) mass is 308 g/mol. The lowest BCUT2D eigenvalue weighted by Crippen LogP contribution is -2.12. The van der Waals surface area contributed by atoms with Gasteiger partial charge in [-0.15, -0.1) is 0 Å². The zero-order valence-corrected chi connectivity index (χ0v) is 9.26. The summed E-state index contributed by atoms with van der Waals surface area (Å²) in [6, 6.07) is 3.17. The number of rotatable bonds is 2. The van der Waals surface area contributed by atoms with Crippen molar-refractivity contribution in [3.63, 3.8) is 0 Å². The molecule has 0 amide bonds. The first-order valence-corrected chi connectivity index (χ1v) is 4.91. The Labute approximate surface area is 93.9 Å². The van der Waals surface area contributed by atoms with Crippen LogP contribution in [0.15, 0.2) is 12.1 Å². The standard InChI is InChI=1S/C9H7F2IN2/c10-5-3-6(8(14)1-2-13)9(12)7(11)4-5/h3-4,8H,1,14H2/t8-/m1/s1. The third kappa shape index (κ3) is 2.39. The topological polar surface area (TPSA) is 49.8 Å². The zero-order valence-electron chi connectivity index (χ0n) is 7.10. The average Bonchev–Trinajstić information content (AvgIpc) is 2.11. The van der Waals surface area contributed by atoms with Crippen LogP contribution >= 0.6 is 22.6 Å². The Bertz CT molecular complexity index is 387. The summed E-state index contributed by atoms with van der Waals surface area (Å²) < 4.78 is 26.2. The lowest BCUT2D eigenvalue weighted by molar-refractivity contribution is 0.567. The molecule has 0 spiro atoms. The van der Waals surface area contributed by atoms with E-state index in [2.05, 4.69) is 0 Å². The van der Waals surface area contributed by atoms with E-state index in [1.54, 1.807) is 22.6 Å². The predicted octanol–water partition coefficient (Wildman–Crippen LogP) is 2.48. The summed E-state index contributed by atoms with van der Waals surface area (Å²) in [5, 5.41) is 8.41. The van der Waals surface area contributed by atoms with Crippen LogP contribution in [0.1, 0.15) is 18.0 Å². The van der Waals surface area contributed by atoms with Gasteiger partial charge in [0.05, 0.1) is 16.1 Å². The van der Waals surface area contributed by atoms with Crippen LogP contribution in [0, 0.1) is 26.5 Å². The van der Waals surface area contributed by atoms with E-state index in [0.717, 1.165) is 12.1 Å². The maximum atomic E-state index is 13.1. The first kappa shape index (κ1) is 11.3. The molecule has 0 aliphatic rings. The van der Waals surface area contributed by atoms with Crippen molar-refractivity contribution in [2.75, 3.05) is 0 Å². The van der Waals surface area contributed by atoms with Crippen LogP contribution in [0.25, 0.3) is 0 Å². The van der Waals surface area contributed by atoms with Crippen LogP contribution in [-0.2, 0) is 0 Å². The molecule has 2 nitrogen and oxygen atoms in total. The van der Waals surface area contributed by atoms with E-state index in [9.17, 15) is 8.78 Å². The van der Waals surface area contributed by atoms with Crippen LogP contribution in [0.2, 0.25) is 0 Å². The number of nitriles is 1. The Kier molecular flexibility index (Phi) is 3.77. The number of nitrogens with zero attached hydrogens (tertiary/aromatic N) is 1. The van der Waals surface area contributed by atoms with Crippen LogP contribution < -0.4 is 5.73 Å². The van der Waals surface area contributed by atoms with Crippen LogP contribution in [0.3, 0.4) is 0 Å². The first-order chi connectivity index (χ1) is 6.56. The minimum atomic E-state index is -0.675. The van der Waals surface area contributed by atoms with Crippen molar-refractivity contribution in [1.29, 1.82) is 5.26 Å². The van der Waals surface area contributed by atoms with E-state index in [1.165, 1.54) is 0 Å². The van der Waals surface area contributed by atoms with Gasteiger partial charge < -0.3 is 5.73 Å². The second-order valence-electron chi connectivity index (χ2n) is 2.76. The van der Waals surface area contributed by atoms with Gasteiger partial charge in [-0.3, -0.25) is 0 Å². The Morgan fingerprint density at radius 2 is 2.14 bits per heavy atom. The third-order valence-electron chi connectivity index (χ3n) is 1.73. The van der Waals surface area contributed by atoms with E-state index < -0.39 is 17.7 Å². The number of nitrogens with two attached hydrogens (primary N) is 1. The molecule has 0 unspecified atom stereocenters. The minimum Gasteiger partial charge on any atom is -0.323 e. The summed E-state index contributed by atoms with van der Waals surface area (Å²) in [5.41, 5.74) is 5.92. The quantitative estimate of drug-likeness (QED) is 0.674. The number of hydrogen-bond donors (Lipinski definition) is 1. The minimum absolute atomic E-state index is 0.0406. The highest BCUT2D eigenvalue weighted by atomic mass is 127. The van der Waals surface area contributed by atoms with Crippen molar-refractivity contribution in [3.05, 3.63) is 32.9 Å². The molecule has 0 saturated carbocycles. The molecule has 0 aromatic heterocycles. The molecule has 0 radical (unpaired) electrons. The second kappa shape index (κ2) is 4.66. The van der Waals surface area contributed by atoms with Crippen LogP contribution in [0.4, 0.5) is 8.78 Å². The fourth-order valence-corrected chi connectivity index (χ4v) is 1.77. The van der Waals surface area contributed by atoms with Gasteiger partial charge in [0.1, 0.15) is 11.6 Å². The molecule has 2 N–H and O–H groups in total. The van der Waals surface area contributed by atoms with Gasteiger partial charge in [0.2, 0.25) is 0 Å². The van der Waals surface area contributed by atoms with E-state index in [-0.39, 0.29) is 9.99 Å². The molecule has 0 heterocycles. The van der Waals surface area contributed by atoms with E-state index in [0.29, 0.717) is 5.56 Å². The molecule has 74 valence electrons. The van der Waals surface area contributed by atoms with Crippen molar-refractivity contribution < 1.29 is 8.78 Å². The number of benzene rings is 1. The molecule has 0 aliphatic heterocycles. The molecule has 0 aliphatic carbocycles. The van der Waals surface area contributed by atoms with E-state index >= 15 is 0 Å². The van der Waals surface area contributed by atoms with Gasteiger partial charge in [0, 0.05) is 12.1 Å². The summed E-state index contributed by atoms with van der Waals surface area (Å²) in [7, 11) is 0. The van der Waals surface area contributed by atoms with Gasteiger partial charge in [-0.05, 0) is 34.2 Å². The predicted molar refractivity (Wildman–Crippen MR) is 56.2 cm³/mol. The molecule has 0 saturated heterocycles. The molecule has 5 heteroatoms. The maximum Gasteiger partial charge on any atom is 0.139 e. The molecule has 1 aromatic rings. The molecular weight excluding hydrogens is 301 g/mol. The van der Waals surface area contributed by atoms with Crippen molar-refractivity contribution in [2.24, 2.45) is 5.73 Å². The van der Waals surface area contributed by atoms with Gasteiger partial charge in [0.15, 0.2) is 0 Å². The van der Waals surface area contributed by atoms with E-state index in [1.807, 2.05) is 6.07 Å². The Hall–Kier alpha value is -0.740. The smallest absolute Gasteiger partial charge is 0.139 e. The highest BCUT2D eigenvalue weighted by Gasteiger charge is 2.14. The normalized spacial score (nSPS) is 12.2. The van der Waals surface area contributed by atoms with E-state index in [4.69, 9.17) is 11.0 Å². The van der Waals surface area contributed by atoms with Crippen molar-refractivity contribution in [3.8, 4) is 6.07 Å². The number of hydrogen-bond acceptors (Lipinski definition) is 2. The second-order valence-corrected chi connectivity index (χ2v) is 3.84. The van der Waals surface area contributed by atoms with Crippen molar-refractivity contribution >= 4 is 22.6 Å². The molecule has 0 fully saturated rings. The lowest BCUT2D eigenvalue weighted by atomic mass is 10.1. The Morgan fingerprint density at radius 3 is 2.71 bits per heavy atom. The summed E-state index contributed by atoms with van der Waals surface area (Å²) in [5.74, 6) is -1.32. The summed E-state index contributed by atoms with van der Waals surface area (Å²) >= 11 is 1.75. The highest BCUT2D eigenvalue weighted by molar-refractivity contribution is 14.1. The summed E-state index contributed by atoms with van der Waals surface area (Å²) in [4.78, 5) is 0. The molecule has 1 aromatic carbocycles. The first-order valence-electron chi connectivity index (χ1n) is 3.83. The maximum absolute atomic E-state index is 13.1. The fraction of sp³-hybridized carbons (Fsp3) is 0.222. The number of halogens is 3. The fourth-order valence-electron chi connectivity index (χ4n) is 1.05. The highest BCUT2D eigenvalue weighted by Crippen LogP contribution is 2.24. The van der Waals surface area contributed by atoms with Gasteiger partial charge in [-0.2, -0.15) is 5.26 Å². The largest absolute Gasteiger partial charge is 0.323 e. The SMILES string of the molecule is N#CC[C@@H](N)c1cc(F)cc(F)c1I. The zero-order chi connectivity index (χ0) is 10.7. The van der Waals surface area contributed by atoms with Crippen molar-refractivity contribution in [2.45, 2.75) is 12.5 Å². The Balaban J connectivity index is 3.14. The van der Waals surface area contributed by atoms with Gasteiger partial charge >= 0.3 is 0 Å². The van der Waals surface area contributed by atoms with Gasteiger partial charge in [-0.25, -0.2) is 8.78 Å². The molecule has 1 atom stereocenters. The molecular formula is C9H7F2IN2. The molecule has 0 bridgehead atoms. The Morgan fingerprint density at radius 1 is 1.50 bits per heavy atom. The molecule has 1 rings (SSSR count). The van der Waals surface area contributed by atoms with Crippen LogP contribution in [-0.4, -0.2) is 0 Å². The summed E-state index contributed by atoms with van der Waals surface area (Å²) in [6.45, 7) is 0. The summed E-state index contributed by atoms with van der Waals surface area (Å²) in [6.07, 6.45) is 0.0406. The average molecular weight is 308 g/mol. The van der Waals surface area contributed by atoms with Gasteiger partial charge in [0.25, 0.3) is 0 Å².